The highest BCUT2D eigenvalue weighted by Gasteiger charge is 2.30. The van der Waals surface area contributed by atoms with Crippen molar-refractivity contribution in [2.24, 2.45) is 11.7 Å². The molecule has 1 heterocycles. The first-order valence-corrected chi connectivity index (χ1v) is 7.34. The van der Waals surface area contributed by atoms with Crippen LogP contribution in [0.15, 0.2) is 24.3 Å². The van der Waals surface area contributed by atoms with E-state index in [1.54, 1.807) is 7.11 Å². The summed E-state index contributed by atoms with van der Waals surface area (Å²) in [7, 11) is 1.62. The third-order valence-corrected chi connectivity index (χ3v) is 4.27. The van der Waals surface area contributed by atoms with Crippen LogP contribution in [0.2, 0.25) is 0 Å². The number of hydrogen-bond donors (Lipinski definition) is 1. The summed E-state index contributed by atoms with van der Waals surface area (Å²) in [5.41, 5.74) is 6.57. The first-order valence-electron chi connectivity index (χ1n) is 7.34. The van der Waals surface area contributed by atoms with E-state index in [2.05, 4.69) is 6.92 Å². The molecule has 2 atom stereocenters. The molecule has 1 amide bonds. The molecule has 4 nitrogen and oxygen atoms in total. The fourth-order valence-electron chi connectivity index (χ4n) is 2.90. The van der Waals surface area contributed by atoms with Gasteiger partial charge in [0.05, 0.1) is 7.11 Å². The van der Waals surface area contributed by atoms with Gasteiger partial charge in [0.25, 0.3) is 5.91 Å². The highest BCUT2D eigenvalue weighted by Crippen LogP contribution is 2.26. The predicted octanol–water partition coefficient (Wildman–Crippen LogP) is 2.28. The second-order valence-electron chi connectivity index (χ2n) is 5.42. The number of ether oxygens (including phenoxy) is 1. The monoisotopic (exact) mass is 276 g/mol. The molecule has 0 aliphatic carbocycles. The lowest BCUT2D eigenvalue weighted by Gasteiger charge is -2.39. The fraction of sp³-hybridized carbons (Fsp3) is 0.562. The number of amides is 1. The average molecular weight is 276 g/mol. The number of nitrogens with zero attached hydrogens (tertiary/aromatic N) is 1. The Morgan fingerprint density at radius 3 is 2.65 bits per heavy atom. The van der Waals surface area contributed by atoms with Gasteiger partial charge in [-0.15, -0.1) is 0 Å². The van der Waals surface area contributed by atoms with E-state index in [4.69, 9.17) is 10.5 Å². The molecule has 110 valence electrons. The molecule has 0 bridgehead atoms. The third-order valence-electron chi connectivity index (χ3n) is 4.27. The van der Waals surface area contributed by atoms with Crippen molar-refractivity contribution in [3.05, 3.63) is 29.8 Å². The Hall–Kier alpha value is -1.55. The van der Waals surface area contributed by atoms with E-state index < -0.39 is 0 Å². The maximum atomic E-state index is 12.6. The molecule has 20 heavy (non-hydrogen) atoms. The summed E-state index contributed by atoms with van der Waals surface area (Å²) in [4.78, 5) is 14.5. The number of methoxy groups -OCH3 is 1. The zero-order valence-corrected chi connectivity index (χ0v) is 12.3. The normalized spacial score (nSPS) is 22.6. The Morgan fingerprint density at radius 2 is 2.10 bits per heavy atom. The van der Waals surface area contributed by atoms with Gasteiger partial charge in [0.15, 0.2) is 0 Å². The van der Waals surface area contributed by atoms with Crippen LogP contribution >= 0.6 is 0 Å². The molecule has 1 aromatic rings. The number of carbonyl (C=O) groups excluding carboxylic acids is 1. The Labute approximate surface area is 120 Å². The molecule has 0 saturated carbocycles. The van der Waals surface area contributed by atoms with E-state index in [1.165, 1.54) is 6.42 Å². The Bertz CT molecular complexity index is 444. The van der Waals surface area contributed by atoms with E-state index in [0.29, 0.717) is 18.0 Å². The molecule has 2 rings (SSSR count). The summed E-state index contributed by atoms with van der Waals surface area (Å²) in [6, 6.07) is 7.46. The van der Waals surface area contributed by atoms with Crippen molar-refractivity contribution < 1.29 is 9.53 Å². The molecular formula is C16H24N2O2. The predicted molar refractivity (Wildman–Crippen MR) is 79.9 cm³/mol. The smallest absolute Gasteiger partial charge is 0.254 e. The van der Waals surface area contributed by atoms with Gasteiger partial charge in [0.1, 0.15) is 5.75 Å². The van der Waals surface area contributed by atoms with Gasteiger partial charge in [0.2, 0.25) is 0 Å². The van der Waals surface area contributed by atoms with Gasteiger partial charge in [-0.2, -0.15) is 0 Å². The molecule has 0 aromatic heterocycles. The van der Waals surface area contributed by atoms with Crippen LogP contribution in [0.5, 0.6) is 5.75 Å². The lowest BCUT2D eigenvalue weighted by atomic mass is 9.88. The first kappa shape index (κ1) is 14.9. The number of piperidine rings is 1. The molecule has 2 N–H and O–H groups in total. The van der Waals surface area contributed by atoms with Crippen LogP contribution < -0.4 is 10.5 Å². The minimum absolute atomic E-state index is 0.0812. The number of nitrogens with two attached hydrogens (primary N) is 1. The molecule has 1 aromatic carbocycles. The summed E-state index contributed by atoms with van der Waals surface area (Å²) in [6.07, 6.45) is 3.27. The van der Waals surface area contributed by atoms with Gasteiger partial charge in [-0.25, -0.2) is 0 Å². The first-order chi connectivity index (χ1) is 9.69. The number of benzene rings is 1. The van der Waals surface area contributed by atoms with E-state index in [0.717, 1.165) is 25.1 Å². The number of rotatable bonds is 4. The second-order valence-corrected chi connectivity index (χ2v) is 5.42. The van der Waals surface area contributed by atoms with Crippen molar-refractivity contribution in [3.63, 3.8) is 0 Å². The summed E-state index contributed by atoms with van der Waals surface area (Å²) >= 11 is 0. The van der Waals surface area contributed by atoms with Gasteiger partial charge >= 0.3 is 0 Å². The lowest BCUT2D eigenvalue weighted by Crippen LogP contribution is -2.49. The number of hydrogen-bond acceptors (Lipinski definition) is 3. The zero-order valence-electron chi connectivity index (χ0n) is 12.3. The maximum Gasteiger partial charge on any atom is 0.254 e. The molecule has 4 heteroatoms. The largest absolute Gasteiger partial charge is 0.497 e. The van der Waals surface area contributed by atoms with E-state index >= 15 is 0 Å². The quantitative estimate of drug-likeness (QED) is 0.918. The Morgan fingerprint density at radius 1 is 1.40 bits per heavy atom. The van der Waals surface area contributed by atoms with E-state index in [1.807, 2.05) is 29.2 Å². The van der Waals surface area contributed by atoms with Gasteiger partial charge in [0, 0.05) is 24.7 Å². The number of likely N-dealkylation sites (tertiary alicyclic amines) is 1. The maximum absolute atomic E-state index is 12.6. The van der Waals surface area contributed by atoms with Crippen molar-refractivity contribution in [2.45, 2.75) is 32.2 Å². The van der Waals surface area contributed by atoms with Crippen LogP contribution in [-0.4, -0.2) is 37.0 Å². The summed E-state index contributed by atoms with van der Waals surface area (Å²) in [5.74, 6) is 1.54. The molecule has 0 spiro atoms. The van der Waals surface area contributed by atoms with Crippen molar-refractivity contribution in [1.29, 1.82) is 0 Å². The lowest BCUT2D eigenvalue weighted by molar-refractivity contribution is 0.0558. The highest BCUT2D eigenvalue weighted by atomic mass is 16.5. The van der Waals surface area contributed by atoms with Crippen molar-refractivity contribution in [1.82, 2.24) is 4.90 Å². The molecule has 1 aliphatic heterocycles. The summed E-state index contributed by atoms with van der Waals surface area (Å²) in [5, 5.41) is 0. The van der Waals surface area contributed by atoms with Gasteiger partial charge in [-0.05, 0) is 43.0 Å². The van der Waals surface area contributed by atoms with Gasteiger partial charge in [-0.3, -0.25) is 4.79 Å². The van der Waals surface area contributed by atoms with Gasteiger partial charge in [-0.1, -0.05) is 13.3 Å². The molecule has 1 aliphatic rings. The van der Waals surface area contributed by atoms with Crippen molar-refractivity contribution in [3.8, 4) is 5.75 Å². The van der Waals surface area contributed by atoms with Crippen LogP contribution in [0.3, 0.4) is 0 Å². The van der Waals surface area contributed by atoms with Crippen LogP contribution in [-0.2, 0) is 0 Å². The van der Waals surface area contributed by atoms with Crippen molar-refractivity contribution in [2.75, 3.05) is 20.2 Å². The van der Waals surface area contributed by atoms with Crippen LogP contribution in [0.1, 0.15) is 36.5 Å². The van der Waals surface area contributed by atoms with Crippen LogP contribution in [0.25, 0.3) is 0 Å². The summed E-state index contributed by atoms with van der Waals surface area (Å²) < 4.78 is 5.12. The minimum atomic E-state index is 0.0812. The Kier molecular flexibility index (Phi) is 5.01. The SMILES string of the molecule is CCC1CCN(C(=O)c2ccc(OC)cc2)C(CN)C1. The highest BCUT2D eigenvalue weighted by molar-refractivity contribution is 5.94. The summed E-state index contributed by atoms with van der Waals surface area (Å²) in [6.45, 7) is 3.56. The second kappa shape index (κ2) is 6.75. The third kappa shape index (κ3) is 3.12. The minimum Gasteiger partial charge on any atom is -0.497 e. The number of carbonyl (C=O) groups is 1. The fourth-order valence-corrected chi connectivity index (χ4v) is 2.90. The van der Waals surface area contributed by atoms with Crippen LogP contribution in [0, 0.1) is 5.92 Å². The zero-order chi connectivity index (χ0) is 14.5. The Balaban J connectivity index is 2.10. The topological polar surface area (TPSA) is 55.6 Å². The van der Waals surface area contributed by atoms with Crippen molar-refractivity contribution >= 4 is 5.91 Å². The van der Waals surface area contributed by atoms with E-state index in [-0.39, 0.29) is 11.9 Å². The average Bonchev–Trinajstić information content (AvgIpc) is 2.53. The van der Waals surface area contributed by atoms with Gasteiger partial charge < -0.3 is 15.4 Å². The molecule has 2 unspecified atom stereocenters. The molecule has 0 radical (unpaired) electrons. The van der Waals surface area contributed by atoms with Crippen LogP contribution in [0.4, 0.5) is 0 Å². The van der Waals surface area contributed by atoms with E-state index in [9.17, 15) is 4.79 Å². The molecule has 1 fully saturated rings. The molecule has 1 saturated heterocycles. The standard InChI is InChI=1S/C16H24N2O2/c1-3-12-8-9-18(14(10-12)11-17)16(19)13-4-6-15(20-2)7-5-13/h4-7,12,14H,3,8-11,17H2,1-2H3. The molecular weight excluding hydrogens is 252 g/mol.